The topological polar surface area (TPSA) is 14.2 Å². The van der Waals surface area contributed by atoms with Gasteiger partial charge in [0, 0.05) is 28.7 Å². The van der Waals surface area contributed by atoms with Crippen LogP contribution >= 0.6 is 15.9 Å². The summed E-state index contributed by atoms with van der Waals surface area (Å²) in [7, 11) is 2.06. The first-order chi connectivity index (χ1) is 7.59. The number of halogens is 1. The molecule has 3 heteroatoms. The van der Waals surface area contributed by atoms with E-state index in [-0.39, 0.29) is 6.10 Å². The van der Waals surface area contributed by atoms with Crippen LogP contribution in [0.25, 0.3) is 10.9 Å². The minimum Gasteiger partial charge on any atom is -0.374 e. The predicted octanol–water partition coefficient (Wildman–Crippen LogP) is 3.87. The average Bonchev–Trinajstić information content (AvgIpc) is 2.54. The maximum absolute atomic E-state index is 5.66. The Balaban J connectivity index is 2.43. The van der Waals surface area contributed by atoms with E-state index < -0.39 is 0 Å². The Morgan fingerprint density at radius 3 is 2.81 bits per heavy atom. The van der Waals surface area contributed by atoms with Gasteiger partial charge in [-0.3, -0.25) is 0 Å². The van der Waals surface area contributed by atoms with Crippen molar-refractivity contribution in [1.82, 2.24) is 4.57 Å². The number of aromatic nitrogens is 1. The molecule has 2 nitrogen and oxygen atoms in total. The van der Waals surface area contributed by atoms with Crippen molar-refractivity contribution >= 4 is 26.8 Å². The fourth-order valence-corrected chi connectivity index (χ4v) is 2.52. The lowest BCUT2D eigenvalue weighted by molar-refractivity contribution is 0.0663. The summed E-state index contributed by atoms with van der Waals surface area (Å²) >= 11 is 3.58. The smallest absolute Gasteiger partial charge is 0.0741 e. The Hall–Kier alpha value is -0.800. The Kier molecular flexibility index (Phi) is 3.36. The zero-order chi connectivity index (χ0) is 11.7. The van der Waals surface area contributed by atoms with Crippen LogP contribution in [0.5, 0.6) is 0 Å². The molecule has 1 aromatic heterocycles. The van der Waals surface area contributed by atoms with E-state index in [1.807, 2.05) is 0 Å². The number of benzene rings is 1. The molecule has 1 aromatic carbocycles. The van der Waals surface area contributed by atoms with Crippen molar-refractivity contribution in [3.63, 3.8) is 0 Å². The average molecular weight is 282 g/mol. The first-order valence-corrected chi connectivity index (χ1v) is 6.23. The number of hydrogen-bond donors (Lipinski definition) is 0. The predicted molar refractivity (Wildman–Crippen MR) is 70.5 cm³/mol. The minimum atomic E-state index is 0.266. The Labute approximate surface area is 104 Å². The number of nitrogens with zero attached hydrogens (tertiary/aromatic N) is 1. The highest BCUT2D eigenvalue weighted by Gasteiger charge is 2.09. The SMILES string of the molecule is CC(C)OCc1cn(C)c2c(Br)cccc12. The molecule has 0 fully saturated rings. The Morgan fingerprint density at radius 2 is 2.12 bits per heavy atom. The molecule has 86 valence electrons. The molecule has 0 saturated carbocycles. The van der Waals surface area contributed by atoms with Gasteiger partial charge in [-0.25, -0.2) is 0 Å². The van der Waals surface area contributed by atoms with Crippen LogP contribution in [-0.4, -0.2) is 10.7 Å². The summed E-state index contributed by atoms with van der Waals surface area (Å²) in [6.45, 7) is 4.79. The molecule has 2 aromatic rings. The van der Waals surface area contributed by atoms with E-state index >= 15 is 0 Å². The van der Waals surface area contributed by atoms with Crippen LogP contribution in [-0.2, 0) is 18.4 Å². The lowest BCUT2D eigenvalue weighted by atomic mass is 10.2. The van der Waals surface area contributed by atoms with Gasteiger partial charge < -0.3 is 9.30 Å². The van der Waals surface area contributed by atoms with E-state index in [4.69, 9.17) is 4.74 Å². The second-order valence-corrected chi connectivity index (χ2v) is 5.12. The molecule has 0 aliphatic carbocycles. The largest absolute Gasteiger partial charge is 0.374 e. The molecule has 0 unspecified atom stereocenters. The Morgan fingerprint density at radius 1 is 1.38 bits per heavy atom. The third kappa shape index (κ3) is 2.15. The Bertz CT molecular complexity index is 502. The van der Waals surface area contributed by atoms with Gasteiger partial charge in [-0.1, -0.05) is 12.1 Å². The van der Waals surface area contributed by atoms with Crippen LogP contribution in [0.1, 0.15) is 19.4 Å². The maximum atomic E-state index is 5.66. The number of hydrogen-bond acceptors (Lipinski definition) is 1. The van der Waals surface area contributed by atoms with Crippen molar-refractivity contribution in [2.75, 3.05) is 0 Å². The summed E-state index contributed by atoms with van der Waals surface area (Å²) in [6.07, 6.45) is 2.40. The zero-order valence-corrected chi connectivity index (χ0v) is 11.4. The molecule has 0 bridgehead atoms. The summed E-state index contributed by atoms with van der Waals surface area (Å²) in [5.41, 5.74) is 2.47. The summed E-state index contributed by atoms with van der Waals surface area (Å²) in [5, 5.41) is 1.26. The third-order valence-corrected chi connectivity index (χ3v) is 3.25. The number of fused-ring (bicyclic) bond motifs is 1. The molecule has 2 rings (SSSR count). The van der Waals surface area contributed by atoms with Crippen molar-refractivity contribution < 1.29 is 4.74 Å². The second kappa shape index (κ2) is 4.60. The molecule has 0 radical (unpaired) electrons. The molecule has 0 N–H and O–H groups in total. The van der Waals surface area contributed by atoms with Gasteiger partial charge in [-0.2, -0.15) is 0 Å². The van der Waals surface area contributed by atoms with E-state index in [9.17, 15) is 0 Å². The molecular formula is C13H16BrNO. The number of rotatable bonds is 3. The summed E-state index contributed by atoms with van der Waals surface area (Å²) in [6, 6.07) is 6.26. The lowest BCUT2D eigenvalue weighted by Gasteiger charge is -2.06. The van der Waals surface area contributed by atoms with Gasteiger partial charge in [0.1, 0.15) is 0 Å². The van der Waals surface area contributed by atoms with Crippen molar-refractivity contribution in [3.05, 3.63) is 34.4 Å². The van der Waals surface area contributed by atoms with Crippen LogP contribution in [0.3, 0.4) is 0 Å². The van der Waals surface area contributed by atoms with E-state index in [0.717, 1.165) is 4.47 Å². The van der Waals surface area contributed by atoms with Crippen molar-refractivity contribution in [2.24, 2.45) is 7.05 Å². The molecule has 0 aliphatic rings. The fourth-order valence-electron chi connectivity index (χ4n) is 1.87. The van der Waals surface area contributed by atoms with Gasteiger partial charge in [0.25, 0.3) is 0 Å². The van der Waals surface area contributed by atoms with Crippen LogP contribution in [0.2, 0.25) is 0 Å². The van der Waals surface area contributed by atoms with Crippen LogP contribution in [0, 0.1) is 0 Å². The van der Waals surface area contributed by atoms with Gasteiger partial charge in [-0.05, 0) is 35.8 Å². The molecule has 16 heavy (non-hydrogen) atoms. The van der Waals surface area contributed by atoms with Gasteiger partial charge in [0.15, 0.2) is 0 Å². The summed E-state index contributed by atoms with van der Waals surface area (Å²) in [4.78, 5) is 0. The highest BCUT2D eigenvalue weighted by atomic mass is 79.9. The number of aryl methyl sites for hydroxylation is 1. The monoisotopic (exact) mass is 281 g/mol. The van der Waals surface area contributed by atoms with E-state index in [2.05, 4.69) is 65.8 Å². The van der Waals surface area contributed by atoms with Gasteiger partial charge in [0.05, 0.1) is 18.2 Å². The molecular weight excluding hydrogens is 266 g/mol. The molecule has 0 atom stereocenters. The van der Waals surface area contributed by atoms with Crippen molar-refractivity contribution in [2.45, 2.75) is 26.6 Å². The molecule has 0 saturated heterocycles. The van der Waals surface area contributed by atoms with Crippen LogP contribution < -0.4 is 0 Å². The first-order valence-electron chi connectivity index (χ1n) is 5.43. The molecule has 0 amide bonds. The van der Waals surface area contributed by atoms with Gasteiger partial charge in [0.2, 0.25) is 0 Å². The highest BCUT2D eigenvalue weighted by Crippen LogP contribution is 2.28. The normalized spacial score (nSPS) is 11.6. The zero-order valence-electron chi connectivity index (χ0n) is 9.83. The first kappa shape index (κ1) is 11.7. The number of para-hydroxylation sites is 1. The molecule has 1 heterocycles. The highest BCUT2D eigenvalue weighted by molar-refractivity contribution is 9.10. The van der Waals surface area contributed by atoms with E-state index in [1.165, 1.54) is 16.5 Å². The molecule has 0 spiro atoms. The number of ether oxygens (including phenoxy) is 1. The maximum Gasteiger partial charge on any atom is 0.0741 e. The fraction of sp³-hybridized carbons (Fsp3) is 0.385. The van der Waals surface area contributed by atoms with Crippen LogP contribution in [0.15, 0.2) is 28.9 Å². The lowest BCUT2D eigenvalue weighted by Crippen LogP contribution is -2.01. The summed E-state index contributed by atoms with van der Waals surface area (Å²) in [5.74, 6) is 0. The van der Waals surface area contributed by atoms with Crippen LogP contribution in [0.4, 0.5) is 0 Å². The summed E-state index contributed by atoms with van der Waals surface area (Å²) < 4.78 is 8.93. The van der Waals surface area contributed by atoms with E-state index in [0.29, 0.717) is 6.61 Å². The van der Waals surface area contributed by atoms with E-state index in [1.54, 1.807) is 0 Å². The second-order valence-electron chi connectivity index (χ2n) is 4.26. The quantitative estimate of drug-likeness (QED) is 0.833. The standard InChI is InChI=1S/C13H16BrNO/c1-9(2)16-8-10-7-15(3)13-11(10)5-4-6-12(13)14/h4-7,9H,8H2,1-3H3. The van der Waals surface area contributed by atoms with Gasteiger partial charge >= 0.3 is 0 Å². The third-order valence-electron chi connectivity index (χ3n) is 2.61. The molecule has 0 aliphatic heterocycles. The van der Waals surface area contributed by atoms with Gasteiger partial charge in [-0.15, -0.1) is 0 Å². The van der Waals surface area contributed by atoms with Crippen molar-refractivity contribution in [3.8, 4) is 0 Å². The van der Waals surface area contributed by atoms with Crippen molar-refractivity contribution in [1.29, 1.82) is 0 Å². The minimum absolute atomic E-state index is 0.266.